The molecule has 0 unspecified atom stereocenters. The number of rotatable bonds is 3. The molecule has 3 nitrogen and oxygen atoms in total. The molecule has 0 fully saturated rings. The molecule has 1 aromatic heterocycles. The lowest BCUT2D eigenvalue weighted by Crippen LogP contribution is -1.96. The summed E-state index contributed by atoms with van der Waals surface area (Å²) in [5.74, 6) is -0.0231. The molecule has 2 rings (SSSR count). The molecule has 6 heteroatoms. The molecule has 94 valence electrons. The van der Waals surface area contributed by atoms with E-state index in [1.54, 1.807) is 18.2 Å². The number of aliphatic hydroxyl groups excluding tert-OH is 1. The zero-order valence-corrected chi connectivity index (χ0v) is 11.4. The van der Waals surface area contributed by atoms with Gasteiger partial charge in [0.05, 0.1) is 17.8 Å². The molecule has 1 heterocycles. The normalized spacial score (nSPS) is 10.4. The number of halogens is 3. The quantitative estimate of drug-likeness (QED) is 0.926. The van der Waals surface area contributed by atoms with Crippen LogP contribution in [0.1, 0.15) is 5.56 Å². The van der Waals surface area contributed by atoms with Crippen LogP contribution >= 0.6 is 27.5 Å². The summed E-state index contributed by atoms with van der Waals surface area (Å²) in [5.41, 5.74) is 0.258. The molecule has 0 radical (unpaired) electrons. The summed E-state index contributed by atoms with van der Waals surface area (Å²) in [6.07, 6.45) is 1.02. The minimum Gasteiger partial charge on any atom is -0.437 e. The molecular formula is C12H8BrClFNO2. The largest absolute Gasteiger partial charge is 0.437 e. The number of nitrogens with zero attached hydrogens (tertiary/aromatic N) is 1. The molecule has 1 N–H and O–H groups in total. The predicted molar refractivity (Wildman–Crippen MR) is 69.3 cm³/mol. The molecule has 0 saturated heterocycles. The minimum atomic E-state index is -0.534. The van der Waals surface area contributed by atoms with Crippen molar-refractivity contribution >= 4 is 27.5 Å². The van der Waals surface area contributed by atoms with Crippen LogP contribution in [0.3, 0.4) is 0 Å². The van der Waals surface area contributed by atoms with Gasteiger partial charge in [-0.15, -0.1) is 0 Å². The molecule has 0 bridgehead atoms. The highest BCUT2D eigenvalue weighted by atomic mass is 79.9. The Morgan fingerprint density at radius 2 is 2.17 bits per heavy atom. The summed E-state index contributed by atoms with van der Waals surface area (Å²) >= 11 is 9.26. The second-order valence-corrected chi connectivity index (χ2v) is 4.78. The molecule has 2 aromatic rings. The number of ether oxygens (including phenoxy) is 1. The number of aliphatic hydroxyl groups is 1. The molecule has 0 spiro atoms. The first-order valence-corrected chi connectivity index (χ1v) is 6.15. The van der Waals surface area contributed by atoms with Crippen LogP contribution in [0.15, 0.2) is 34.9 Å². The zero-order chi connectivity index (χ0) is 13.1. The van der Waals surface area contributed by atoms with Crippen molar-refractivity contribution in [1.82, 2.24) is 4.98 Å². The molecular weight excluding hydrogens is 324 g/mol. The van der Waals surface area contributed by atoms with Crippen molar-refractivity contribution in [1.29, 1.82) is 0 Å². The monoisotopic (exact) mass is 331 g/mol. The fourth-order valence-electron chi connectivity index (χ4n) is 1.34. The van der Waals surface area contributed by atoms with E-state index in [1.165, 1.54) is 0 Å². The Morgan fingerprint density at radius 1 is 1.39 bits per heavy atom. The van der Waals surface area contributed by atoms with Crippen molar-refractivity contribution in [2.45, 2.75) is 6.61 Å². The maximum absolute atomic E-state index is 12.9. The lowest BCUT2D eigenvalue weighted by atomic mass is 10.3. The van der Waals surface area contributed by atoms with Crippen LogP contribution in [0.25, 0.3) is 0 Å². The first kappa shape index (κ1) is 13.3. The van der Waals surface area contributed by atoms with Crippen molar-refractivity contribution < 1.29 is 14.2 Å². The van der Waals surface area contributed by atoms with Crippen LogP contribution < -0.4 is 4.74 Å². The molecule has 0 aliphatic heterocycles. The topological polar surface area (TPSA) is 42.4 Å². The fraction of sp³-hybridized carbons (Fsp3) is 0.0833. The van der Waals surface area contributed by atoms with Gasteiger partial charge in [-0.25, -0.2) is 9.37 Å². The van der Waals surface area contributed by atoms with E-state index in [-0.39, 0.29) is 18.1 Å². The number of pyridine rings is 1. The predicted octanol–water partition coefficient (Wildman–Crippen LogP) is 3.92. The second kappa shape index (κ2) is 5.65. The third kappa shape index (κ3) is 2.98. The van der Waals surface area contributed by atoms with Gasteiger partial charge in [0.1, 0.15) is 11.6 Å². The lowest BCUT2D eigenvalue weighted by Gasteiger charge is -2.09. The highest BCUT2D eigenvalue weighted by Gasteiger charge is 2.10. The zero-order valence-electron chi connectivity index (χ0n) is 9.03. The van der Waals surface area contributed by atoms with Crippen molar-refractivity contribution in [2.24, 2.45) is 0 Å². The smallest absolute Gasteiger partial charge is 0.225 e. The molecule has 18 heavy (non-hydrogen) atoms. The highest BCUT2D eigenvalue weighted by molar-refractivity contribution is 9.10. The van der Waals surface area contributed by atoms with E-state index in [2.05, 4.69) is 20.9 Å². The average Bonchev–Trinajstić information content (AvgIpc) is 2.34. The SMILES string of the molecule is OCc1cc(F)cnc1Oc1ccc(Br)cc1Cl. The van der Waals surface area contributed by atoms with Gasteiger partial charge >= 0.3 is 0 Å². The van der Waals surface area contributed by atoms with E-state index in [0.717, 1.165) is 16.7 Å². The number of hydrogen-bond donors (Lipinski definition) is 1. The first-order chi connectivity index (χ1) is 8.60. The highest BCUT2D eigenvalue weighted by Crippen LogP contribution is 2.32. The molecule has 0 atom stereocenters. The van der Waals surface area contributed by atoms with Gasteiger partial charge in [-0.1, -0.05) is 27.5 Å². The van der Waals surface area contributed by atoms with Gasteiger partial charge in [-0.05, 0) is 24.3 Å². The van der Waals surface area contributed by atoms with E-state index < -0.39 is 5.82 Å². The van der Waals surface area contributed by atoms with Gasteiger partial charge in [0, 0.05) is 10.0 Å². The van der Waals surface area contributed by atoms with Crippen molar-refractivity contribution in [2.75, 3.05) is 0 Å². The minimum absolute atomic E-state index is 0.128. The number of benzene rings is 1. The van der Waals surface area contributed by atoms with Gasteiger partial charge in [0.25, 0.3) is 0 Å². The van der Waals surface area contributed by atoms with Crippen molar-refractivity contribution in [3.63, 3.8) is 0 Å². The second-order valence-electron chi connectivity index (χ2n) is 3.45. The Balaban J connectivity index is 2.33. The van der Waals surface area contributed by atoms with E-state index in [9.17, 15) is 4.39 Å². The first-order valence-electron chi connectivity index (χ1n) is 4.98. The van der Waals surface area contributed by atoms with E-state index >= 15 is 0 Å². The number of aromatic nitrogens is 1. The standard InChI is InChI=1S/C12H8BrClFNO2/c13-8-1-2-11(10(14)4-8)18-12-7(6-17)3-9(15)5-16-12/h1-5,17H,6H2. The van der Waals surface area contributed by atoms with Crippen LogP contribution in [0, 0.1) is 5.82 Å². The average molecular weight is 333 g/mol. The summed E-state index contributed by atoms with van der Waals surface area (Å²) in [6.45, 7) is -0.367. The lowest BCUT2D eigenvalue weighted by molar-refractivity contribution is 0.274. The van der Waals surface area contributed by atoms with Crippen LogP contribution in [0.4, 0.5) is 4.39 Å². The molecule has 0 aliphatic rings. The Morgan fingerprint density at radius 3 is 2.83 bits per heavy atom. The maximum atomic E-state index is 12.9. The summed E-state index contributed by atoms with van der Waals surface area (Å²) in [4.78, 5) is 3.78. The van der Waals surface area contributed by atoms with Gasteiger partial charge in [-0.2, -0.15) is 0 Å². The van der Waals surface area contributed by atoms with Gasteiger partial charge in [0.2, 0.25) is 5.88 Å². The van der Waals surface area contributed by atoms with E-state index in [4.69, 9.17) is 21.4 Å². The Labute approximate surface area is 116 Å². The van der Waals surface area contributed by atoms with E-state index in [0.29, 0.717) is 10.8 Å². The third-order valence-corrected chi connectivity index (χ3v) is 2.95. The van der Waals surface area contributed by atoms with Gasteiger partial charge < -0.3 is 9.84 Å². The van der Waals surface area contributed by atoms with Crippen LogP contribution in [-0.4, -0.2) is 10.1 Å². The molecule has 0 aliphatic carbocycles. The summed E-state index contributed by atoms with van der Waals surface area (Å²) < 4.78 is 19.2. The summed E-state index contributed by atoms with van der Waals surface area (Å²) in [7, 11) is 0. The Kier molecular flexibility index (Phi) is 4.16. The maximum Gasteiger partial charge on any atom is 0.225 e. The summed E-state index contributed by atoms with van der Waals surface area (Å²) in [5, 5.41) is 9.50. The van der Waals surface area contributed by atoms with Crippen LogP contribution in [0.2, 0.25) is 5.02 Å². The van der Waals surface area contributed by atoms with Crippen LogP contribution in [-0.2, 0) is 6.61 Å². The van der Waals surface area contributed by atoms with Gasteiger partial charge in [-0.3, -0.25) is 0 Å². The van der Waals surface area contributed by atoms with Crippen LogP contribution in [0.5, 0.6) is 11.6 Å². The van der Waals surface area contributed by atoms with Gasteiger partial charge in [0.15, 0.2) is 0 Å². The Hall–Kier alpha value is -1.17. The fourth-order valence-corrected chi connectivity index (χ4v) is 2.05. The number of hydrogen-bond acceptors (Lipinski definition) is 3. The van der Waals surface area contributed by atoms with E-state index in [1.807, 2.05) is 0 Å². The molecule has 0 saturated carbocycles. The van der Waals surface area contributed by atoms with Crippen molar-refractivity contribution in [3.8, 4) is 11.6 Å². The van der Waals surface area contributed by atoms with Crippen molar-refractivity contribution in [3.05, 3.63) is 51.3 Å². The molecule has 0 amide bonds. The third-order valence-electron chi connectivity index (χ3n) is 2.16. The molecule has 1 aromatic carbocycles. The Bertz CT molecular complexity index is 580. The summed E-state index contributed by atoms with van der Waals surface area (Å²) in [6, 6.07) is 6.23.